The van der Waals surface area contributed by atoms with Crippen molar-refractivity contribution in [1.82, 2.24) is 5.32 Å². The SMILES string of the molecule is CCOC(=O)c1ccc(OC(=O)CNC(=O)c2ccccc2)cc1. The molecular formula is C18H17NO5. The highest BCUT2D eigenvalue weighted by molar-refractivity contribution is 5.96. The van der Waals surface area contributed by atoms with Crippen LogP contribution in [0.5, 0.6) is 5.75 Å². The maximum atomic E-state index is 11.8. The van der Waals surface area contributed by atoms with Crippen LogP contribution in [0.15, 0.2) is 54.6 Å². The summed E-state index contributed by atoms with van der Waals surface area (Å²) >= 11 is 0. The second kappa shape index (κ2) is 8.47. The molecule has 6 nitrogen and oxygen atoms in total. The summed E-state index contributed by atoms with van der Waals surface area (Å²) in [5.74, 6) is -1.12. The van der Waals surface area contributed by atoms with Gasteiger partial charge in [-0.2, -0.15) is 0 Å². The summed E-state index contributed by atoms with van der Waals surface area (Å²) in [4.78, 5) is 35.1. The lowest BCUT2D eigenvalue weighted by Gasteiger charge is -2.07. The van der Waals surface area contributed by atoms with Crippen LogP contribution in [0, 0.1) is 0 Å². The van der Waals surface area contributed by atoms with Gasteiger partial charge in [-0.25, -0.2) is 9.59 Å². The molecule has 1 N–H and O–H groups in total. The molecule has 0 aliphatic heterocycles. The van der Waals surface area contributed by atoms with Crippen LogP contribution in [0.3, 0.4) is 0 Å². The van der Waals surface area contributed by atoms with E-state index in [0.29, 0.717) is 11.1 Å². The molecule has 0 saturated carbocycles. The Hall–Kier alpha value is -3.15. The van der Waals surface area contributed by atoms with E-state index in [4.69, 9.17) is 9.47 Å². The molecule has 0 fully saturated rings. The number of esters is 2. The average Bonchev–Trinajstić information content (AvgIpc) is 2.61. The highest BCUT2D eigenvalue weighted by Crippen LogP contribution is 2.13. The van der Waals surface area contributed by atoms with Crippen LogP contribution in [-0.2, 0) is 9.53 Å². The molecule has 2 aromatic carbocycles. The first-order valence-electron chi connectivity index (χ1n) is 7.41. The molecule has 0 bridgehead atoms. The molecule has 0 aromatic heterocycles. The molecule has 0 aliphatic rings. The van der Waals surface area contributed by atoms with Gasteiger partial charge < -0.3 is 14.8 Å². The van der Waals surface area contributed by atoms with Gasteiger partial charge in [-0.15, -0.1) is 0 Å². The zero-order valence-corrected chi connectivity index (χ0v) is 13.2. The number of benzene rings is 2. The van der Waals surface area contributed by atoms with Crippen molar-refractivity contribution in [1.29, 1.82) is 0 Å². The molecule has 0 unspecified atom stereocenters. The van der Waals surface area contributed by atoms with Crippen molar-refractivity contribution in [2.24, 2.45) is 0 Å². The first-order valence-corrected chi connectivity index (χ1v) is 7.41. The standard InChI is InChI=1S/C18H17NO5/c1-2-23-18(22)14-8-10-15(11-9-14)24-16(20)12-19-17(21)13-6-4-3-5-7-13/h3-11H,2,12H2,1H3,(H,19,21). The number of hydrogen-bond donors (Lipinski definition) is 1. The van der Waals surface area contributed by atoms with Gasteiger partial charge in [0.25, 0.3) is 5.91 Å². The molecule has 0 saturated heterocycles. The third kappa shape index (κ3) is 4.95. The van der Waals surface area contributed by atoms with Crippen LogP contribution < -0.4 is 10.1 Å². The molecule has 1 amide bonds. The number of nitrogens with one attached hydrogen (secondary N) is 1. The van der Waals surface area contributed by atoms with Gasteiger partial charge in [-0.3, -0.25) is 4.79 Å². The van der Waals surface area contributed by atoms with Gasteiger partial charge in [0.05, 0.1) is 12.2 Å². The summed E-state index contributed by atoms with van der Waals surface area (Å²) in [6, 6.07) is 14.5. The zero-order chi connectivity index (χ0) is 17.4. The van der Waals surface area contributed by atoms with Gasteiger partial charge in [0.1, 0.15) is 12.3 Å². The lowest BCUT2D eigenvalue weighted by atomic mass is 10.2. The highest BCUT2D eigenvalue weighted by atomic mass is 16.5. The number of rotatable bonds is 6. The Morgan fingerprint density at radius 3 is 2.21 bits per heavy atom. The van der Waals surface area contributed by atoms with Crippen LogP contribution >= 0.6 is 0 Å². The quantitative estimate of drug-likeness (QED) is 0.650. The Balaban J connectivity index is 1.84. The Bertz CT molecular complexity index is 710. The van der Waals surface area contributed by atoms with Crippen molar-refractivity contribution < 1.29 is 23.9 Å². The van der Waals surface area contributed by atoms with Gasteiger partial charge in [0.15, 0.2) is 0 Å². The van der Waals surface area contributed by atoms with Gasteiger partial charge >= 0.3 is 11.9 Å². The summed E-state index contributed by atoms with van der Waals surface area (Å²) in [5, 5.41) is 2.48. The first-order chi connectivity index (χ1) is 11.6. The summed E-state index contributed by atoms with van der Waals surface area (Å²) in [6.45, 7) is 1.75. The van der Waals surface area contributed by atoms with Gasteiger partial charge in [-0.05, 0) is 43.3 Å². The van der Waals surface area contributed by atoms with E-state index >= 15 is 0 Å². The molecule has 24 heavy (non-hydrogen) atoms. The first kappa shape index (κ1) is 17.2. The van der Waals surface area contributed by atoms with Crippen molar-refractivity contribution in [3.63, 3.8) is 0 Å². The normalized spacial score (nSPS) is 9.88. The molecular weight excluding hydrogens is 310 g/mol. The topological polar surface area (TPSA) is 81.7 Å². The van der Waals surface area contributed by atoms with Gasteiger partial charge in [0, 0.05) is 5.56 Å². The fourth-order valence-corrected chi connectivity index (χ4v) is 1.89. The van der Waals surface area contributed by atoms with E-state index in [9.17, 15) is 14.4 Å². The third-order valence-corrected chi connectivity index (χ3v) is 3.03. The van der Waals surface area contributed by atoms with Crippen LogP contribution in [-0.4, -0.2) is 31.0 Å². The lowest BCUT2D eigenvalue weighted by molar-refractivity contribution is -0.133. The molecule has 0 aliphatic carbocycles. The van der Waals surface area contributed by atoms with Crippen LogP contribution in [0.1, 0.15) is 27.6 Å². The Kier molecular flexibility index (Phi) is 6.08. The summed E-state index contributed by atoms with van der Waals surface area (Å²) in [5.41, 5.74) is 0.832. The Labute approximate surface area is 139 Å². The lowest BCUT2D eigenvalue weighted by Crippen LogP contribution is -2.31. The fourth-order valence-electron chi connectivity index (χ4n) is 1.89. The van der Waals surface area contributed by atoms with Crippen molar-refractivity contribution >= 4 is 17.8 Å². The molecule has 0 radical (unpaired) electrons. The van der Waals surface area contributed by atoms with Crippen molar-refractivity contribution in [2.75, 3.05) is 13.2 Å². The predicted octanol–water partition coefficient (Wildman–Crippen LogP) is 2.20. The molecule has 2 rings (SSSR count). The molecule has 124 valence electrons. The van der Waals surface area contributed by atoms with Gasteiger partial charge in [0.2, 0.25) is 0 Å². The molecule has 2 aromatic rings. The van der Waals surface area contributed by atoms with E-state index in [2.05, 4.69) is 5.32 Å². The number of carbonyl (C=O) groups excluding carboxylic acids is 3. The maximum absolute atomic E-state index is 11.8. The van der Waals surface area contributed by atoms with Gasteiger partial charge in [-0.1, -0.05) is 18.2 Å². The van der Waals surface area contributed by atoms with E-state index < -0.39 is 11.9 Å². The average molecular weight is 327 g/mol. The van der Waals surface area contributed by atoms with E-state index in [1.165, 1.54) is 24.3 Å². The molecule has 6 heteroatoms. The molecule has 0 atom stereocenters. The number of ether oxygens (including phenoxy) is 2. The summed E-state index contributed by atoms with van der Waals surface area (Å²) in [6.07, 6.45) is 0. The third-order valence-electron chi connectivity index (χ3n) is 3.03. The van der Waals surface area contributed by atoms with E-state index in [1.54, 1.807) is 37.3 Å². The monoisotopic (exact) mass is 327 g/mol. The predicted molar refractivity (Wildman–Crippen MR) is 86.8 cm³/mol. The van der Waals surface area contributed by atoms with E-state index in [-0.39, 0.29) is 24.8 Å². The van der Waals surface area contributed by atoms with E-state index in [1.807, 2.05) is 0 Å². The fraction of sp³-hybridized carbons (Fsp3) is 0.167. The Morgan fingerprint density at radius 1 is 0.917 bits per heavy atom. The minimum absolute atomic E-state index is 0.257. The minimum atomic E-state index is -0.608. The zero-order valence-electron chi connectivity index (χ0n) is 13.2. The molecule has 0 heterocycles. The van der Waals surface area contributed by atoms with Crippen molar-refractivity contribution in [3.05, 3.63) is 65.7 Å². The number of carbonyl (C=O) groups is 3. The minimum Gasteiger partial charge on any atom is -0.462 e. The van der Waals surface area contributed by atoms with Crippen molar-refractivity contribution in [2.45, 2.75) is 6.92 Å². The largest absolute Gasteiger partial charge is 0.462 e. The summed E-state index contributed by atoms with van der Waals surface area (Å²) in [7, 11) is 0. The van der Waals surface area contributed by atoms with Crippen LogP contribution in [0.25, 0.3) is 0 Å². The highest BCUT2D eigenvalue weighted by Gasteiger charge is 2.10. The summed E-state index contributed by atoms with van der Waals surface area (Å²) < 4.78 is 9.95. The number of amides is 1. The number of hydrogen-bond acceptors (Lipinski definition) is 5. The smallest absolute Gasteiger partial charge is 0.338 e. The van der Waals surface area contributed by atoms with Crippen LogP contribution in [0.2, 0.25) is 0 Å². The Morgan fingerprint density at radius 2 is 1.58 bits per heavy atom. The second-order valence-electron chi connectivity index (χ2n) is 4.77. The molecule has 0 spiro atoms. The van der Waals surface area contributed by atoms with Crippen LogP contribution in [0.4, 0.5) is 0 Å². The second-order valence-corrected chi connectivity index (χ2v) is 4.77. The van der Waals surface area contributed by atoms with Crippen molar-refractivity contribution in [3.8, 4) is 5.75 Å². The van der Waals surface area contributed by atoms with E-state index in [0.717, 1.165) is 0 Å². The maximum Gasteiger partial charge on any atom is 0.338 e.